The van der Waals surface area contributed by atoms with E-state index in [4.69, 9.17) is 11.5 Å². The van der Waals surface area contributed by atoms with Gasteiger partial charge in [0.25, 0.3) is 0 Å². The maximum Gasteiger partial charge on any atom is 0.0314 e. The van der Waals surface area contributed by atoms with Gasteiger partial charge in [-0.3, -0.25) is 0 Å². The van der Waals surface area contributed by atoms with Crippen LogP contribution in [0.4, 0.5) is 11.4 Å². The Kier molecular flexibility index (Phi) is 10.0. The number of unbranched alkanes of at least 4 members (excludes halogenated alkanes) is 2. The zero-order valence-electron chi connectivity index (χ0n) is 23.2. The Morgan fingerprint density at radius 1 is 0.447 bits per heavy atom. The topological polar surface area (TPSA) is 52.0 Å². The summed E-state index contributed by atoms with van der Waals surface area (Å²) < 4.78 is 0. The quantitative estimate of drug-likeness (QED) is 0.178. The molecule has 2 unspecified atom stereocenters. The van der Waals surface area contributed by atoms with Gasteiger partial charge in [-0.1, -0.05) is 112 Å². The lowest BCUT2D eigenvalue weighted by molar-refractivity contribution is 0.650. The van der Waals surface area contributed by atoms with Gasteiger partial charge < -0.3 is 11.5 Å². The molecule has 0 amide bonds. The third-order valence-corrected chi connectivity index (χ3v) is 7.84. The molecule has 0 aromatic heterocycles. The molecule has 4 aromatic rings. The Bertz CT molecular complexity index is 1120. The highest BCUT2D eigenvalue weighted by Crippen LogP contribution is 2.32. The Morgan fingerprint density at radius 3 is 1.03 bits per heavy atom. The van der Waals surface area contributed by atoms with Gasteiger partial charge in [-0.25, -0.2) is 0 Å². The Balaban J connectivity index is 1.40. The van der Waals surface area contributed by atoms with E-state index in [1.807, 2.05) is 24.3 Å². The Morgan fingerprint density at radius 2 is 0.737 bits per heavy atom. The van der Waals surface area contributed by atoms with Crippen molar-refractivity contribution < 1.29 is 0 Å². The monoisotopic (exact) mass is 504 g/mol. The van der Waals surface area contributed by atoms with E-state index < -0.39 is 0 Å². The molecule has 0 saturated carbocycles. The van der Waals surface area contributed by atoms with Crippen molar-refractivity contribution in [2.24, 2.45) is 0 Å². The van der Waals surface area contributed by atoms with Crippen LogP contribution in [0.25, 0.3) is 0 Å². The molecule has 0 spiro atoms. The number of nitrogens with two attached hydrogens (primary N) is 2. The number of rotatable bonds is 13. The van der Waals surface area contributed by atoms with Crippen LogP contribution in [0, 0.1) is 0 Å². The van der Waals surface area contributed by atoms with Crippen molar-refractivity contribution in [3.05, 3.63) is 130 Å². The smallest absolute Gasteiger partial charge is 0.0314 e. The first-order valence-electron chi connectivity index (χ1n) is 14.5. The average molecular weight is 505 g/mol. The summed E-state index contributed by atoms with van der Waals surface area (Å²) in [6.45, 7) is 4.53. The maximum atomic E-state index is 5.94. The van der Waals surface area contributed by atoms with Gasteiger partial charge >= 0.3 is 0 Å². The van der Waals surface area contributed by atoms with Crippen molar-refractivity contribution in [1.29, 1.82) is 0 Å². The first-order chi connectivity index (χ1) is 18.6. The van der Waals surface area contributed by atoms with Crippen LogP contribution in [0.15, 0.2) is 97.1 Å². The summed E-state index contributed by atoms with van der Waals surface area (Å²) in [6, 6.07) is 35.5. The zero-order chi connectivity index (χ0) is 26.7. The number of benzene rings is 4. The summed E-state index contributed by atoms with van der Waals surface area (Å²) in [7, 11) is 0. The third kappa shape index (κ3) is 7.51. The molecule has 2 atom stereocenters. The molecular formula is C36H44N2. The lowest BCUT2D eigenvalue weighted by atomic mass is 9.86. The van der Waals surface area contributed by atoms with Gasteiger partial charge in [-0.2, -0.15) is 0 Å². The van der Waals surface area contributed by atoms with Crippen molar-refractivity contribution in [3.63, 3.8) is 0 Å². The maximum absolute atomic E-state index is 5.94. The molecule has 0 fully saturated rings. The largest absolute Gasteiger partial charge is 0.399 e. The molecule has 0 radical (unpaired) electrons. The van der Waals surface area contributed by atoms with Crippen molar-refractivity contribution in [3.8, 4) is 0 Å². The Labute approximate surface area is 230 Å². The molecule has 4 rings (SSSR count). The predicted octanol–water partition coefficient (Wildman–Crippen LogP) is 9.28. The number of aryl methyl sites for hydroxylation is 2. The van der Waals surface area contributed by atoms with E-state index >= 15 is 0 Å². The van der Waals surface area contributed by atoms with Gasteiger partial charge in [0.05, 0.1) is 0 Å². The minimum Gasteiger partial charge on any atom is -0.399 e. The summed E-state index contributed by atoms with van der Waals surface area (Å²) in [5.41, 5.74) is 21.8. The van der Waals surface area contributed by atoms with Gasteiger partial charge in [-0.15, -0.1) is 0 Å². The van der Waals surface area contributed by atoms with Gasteiger partial charge in [0.15, 0.2) is 0 Å². The standard InChI is InChI=1S/C36H44N2/c1-3-5-7-35(31-19-23-33(37)24-20-31)29-15-11-27(12-16-29)9-10-28-13-17-30(18-14-28)36(8-6-4-2)32-21-25-34(38)26-22-32/h11-26,35-36H,3-10,37-38H2,1-2H3. The van der Waals surface area contributed by atoms with E-state index in [1.54, 1.807) is 0 Å². The average Bonchev–Trinajstić information content (AvgIpc) is 2.95. The molecule has 0 aliphatic carbocycles. The molecule has 0 heterocycles. The van der Waals surface area contributed by atoms with Gasteiger partial charge in [0, 0.05) is 23.2 Å². The van der Waals surface area contributed by atoms with Gasteiger partial charge in [0.2, 0.25) is 0 Å². The van der Waals surface area contributed by atoms with Crippen LogP contribution < -0.4 is 11.5 Å². The second kappa shape index (κ2) is 13.9. The summed E-state index contributed by atoms with van der Waals surface area (Å²) in [4.78, 5) is 0. The van der Waals surface area contributed by atoms with Gasteiger partial charge in [0.1, 0.15) is 0 Å². The fraction of sp³-hybridized carbons (Fsp3) is 0.333. The summed E-state index contributed by atoms with van der Waals surface area (Å²) in [5.74, 6) is 0.859. The summed E-state index contributed by atoms with van der Waals surface area (Å²) in [6.07, 6.45) is 9.32. The van der Waals surface area contributed by atoms with Gasteiger partial charge in [-0.05, 0) is 83.3 Å². The molecule has 4 aromatic carbocycles. The highest BCUT2D eigenvalue weighted by atomic mass is 14.5. The van der Waals surface area contributed by atoms with E-state index in [9.17, 15) is 0 Å². The number of nitrogen functional groups attached to an aromatic ring is 2. The molecule has 0 aliphatic rings. The van der Waals surface area contributed by atoms with E-state index in [-0.39, 0.29) is 0 Å². The molecule has 38 heavy (non-hydrogen) atoms. The minimum absolute atomic E-state index is 0.429. The van der Waals surface area contributed by atoms with Crippen LogP contribution in [0.2, 0.25) is 0 Å². The first kappa shape index (κ1) is 27.5. The molecule has 4 N–H and O–H groups in total. The number of hydrogen-bond donors (Lipinski definition) is 2. The van der Waals surface area contributed by atoms with E-state index in [1.165, 1.54) is 71.9 Å². The third-order valence-electron chi connectivity index (χ3n) is 7.84. The summed E-state index contributed by atoms with van der Waals surface area (Å²) >= 11 is 0. The molecule has 2 heteroatoms. The second-order valence-electron chi connectivity index (χ2n) is 10.7. The first-order valence-corrected chi connectivity index (χ1v) is 14.5. The van der Waals surface area contributed by atoms with Crippen LogP contribution >= 0.6 is 0 Å². The van der Waals surface area contributed by atoms with Crippen molar-refractivity contribution in [2.45, 2.75) is 77.0 Å². The zero-order valence-corrected chi connectivity index (χ0v) is 23.2. The second-order valence-corrected chi connectivity index (χ2v) is 10.7. The molecular weight excluding hydrogens is 460 g/mol. The number of anilines is 2. The van der Waals surface area contributed by atoms with Crippen LogP contribution in [0.5, 0.6) is 0 Å². The normalized spacial score (nSPS) is 12.8. The van der Waals surface area contributed by atoms with E-state index in [2.05, 4.69) is 86.6 Å². The van der Waals surface area contributed by atoms with Crippen LogP contribution in [0.1, 0.15) is 97.6 Å². The molecule has 198 valence electrons. The van der Waals surface area contributed by atoms with Crippen molar-refractivity contribution in [1.82, 2.24) is 0 Å². The fourth-order valence-corrected chi connectivity index (χ4v) is 5.45. The molecule has 0 aliphatic heterocycles. The van der Waals surface area contributed by atoms with E-state index in [0.717, 1.165) is 24.2 Å². The number of hydrogen-bond acceptors (Lipinski definition) is 2. The lowest BCUT2D eigenvalue weighted by Crippen LogP contribution is -2.03. The Hall–Kier alpha value is -3.52. The predicted molar refractivity (Wildman–Crippen MR) is 165 cm³/mol. The molecule has 0 saturated heterocycles. The van der Waals surface area contributed by atoms with Crippen molar-refractivity contribution >= 4 is 11.4 Å². The summed E-state index contributed by atoms with van der Waals surface area (Å²) in [5, 5.41) is 0. The minimum atomic E-state index is 0.429. The molecule has 2 nitrogen and oxygen atoms in total. The van der Waals surface area contributed by atoms with Crippen LogP contribution in [-0.4, -0.2) is 0 Å². The van der Waals surface area contributed by atoms with Crippen LogP contribution in [-0.2, 0) is 12.8 Å². The van der Waals surface area contributed by atoms with Crippen LogP contribution in [0.3, 0.4) is 0 Å². The SMILES string of the molecule is CCCCC(c1ccc(N)cc1)c1ccc(CCc2ccc(C(CCCC)c3ccc(N)cc3)cc2)cc1. The lowest BCUT2D eigenvalue weighted by Gasteiger charge is -2.19. The highest BCUT2D eigenvalue weighted by Gasteiger charge is 2.15. The van der Waals surface area contributed by atoms with Crippen molar-refractivity contribution in [2.75, 3.05) is 11.5 Å². The fourth-order valence-electron chi connectivity index (χ4n) is 5.45. The van der Waals surface area contributed by atoms with E-state index in [0.29, 0.717) is 11.8 Å². The highest BCUT2D eigenvalue weighted by molar-refractivity contribution is 5.44. The molecule has 0 bridgehead atoms.